The van der Waals surface area contributed by atoms with Crippen LogP contribution < -0.4 is 4.74 Å². The molecule has 0 radical (unpaired) electrons. The number of carboxylic acids is 1. The highest BCUT2D eigenvalue weighted by Crippen LogP contribution is 2.38. The second kappa shape index (κ2) is 8.97. The summed E-state index contributed by atoms with van der Waals surface area (Å²) in [6.07, 6.45) is 0.527. The van der Waals surface area contributed by atoms with Gasteiger partial charge in [0.1, 0.15) is 5.75 Å². The van der Waals surface area contributed by atoms with Crippen LogP contribution >= 0.6 is 11.3 Å². The molecule has 3 aromatic rings. The second-order valence-corrected chi connectivity index (χ2v) is 10.2. The van der Waals surface area contributed by atoms with Gasteiger partial charge in [0.25, 0.3) is 0 Å². The fourth-order valence-corrected chi connectivity index (χ4v) is 5.49. The number of carboxylic acid groups (broad SMARTS) is 1. The van der Waals surface area contributed by atoms with Crippen molar-refractivity contribution >= 4 is 27.1 Å². The number of ether oxygens (including phenoxy) is 1. The summed E-state index contributed by atoms with van der Waals surface area (Å²) in [4.78, 5) is 16.7. The molecule has 0 aliphatic heterocycles. The van der Waals surface area contributed by atoms with Crippen molar-refractivity contribution in [2.45, 2.75) is 32.1 Å². The Labute approximate surface area is 180 Å². The lowest BCUT2D eigenvalue weighted by molar-refractivity contribution is -0.139. The first-order chi connectivity index (χ1) is 14.2. The van der Waals surface area contributed by atoms with E-state index in [1.54, 1.807) is 41.7 Å². The zero-order valence-corrected chi connectivity index (χ0v) is 18.6. The standard InChI is InChI=1S/C22H23NO5S2/c1-4-10-30(26,27)18-7-5-6-16(11-18)19-12-17(22-14(2)23-15(3)29-22)8-9-20(19)28-13-21(24)25/h5-9,11-12H,4,10,13H2,1-3H3,(H,24,25). The smallest absolute Gasteiger partial charge is 0.341 e. The summed E-state index contributed by atoms with van der Waals surface area (Å²) in [5, 5.41) is 9.95. The third kappa shape index (κ3) is 4.88. The van der Waals surface area contributed by atoms with E-state index in [-0.39, 0.29) is 10.6 Å². The number of thiazole rings is 1. The molecule has 30 heavy (non-hydrogen) atoms. The van der Waals surface area contributed by atoms with Crippen molar-refractivity contribution < 1.29 is 23.1 Å². The Morgan fingerprint density at radius 1 is 1.13 bits per heavy atom. The molecule has 6 nitrogen and oxygen atoms in total. The minimum Gasteiger partial charge on any atom is -0.481 e. The molecule has 1 aromatic heterocycles. The lowest BCUT2D eigenvalue weighted by Crippen LogP contribution is -2.10. The van der Waals surface area contributed by atoms with E-state index in [1.807, 2.05) is 32.9 Å². The first kappa shape index (κ1) is 22.0. The molecule has 0 saturated heterocycles. The van der Waals surface area contributed by atoms with E-state index in [0.29, 0.717) is 23.3 Å². The van der Waals surface area contributed by atoms with Crippen molar-refractivity contribution in [3.63, 3.8) is 0 Å². The van der Waals surface area contributed by atoms with E-state index in [4.69, 9.17) is 9.84 Å². The molecule has 0 saturated carbocycles. The molecule has 3 rings (SSSR count). The predicted molar refractivity (Wildman–Crippen MR) is 118 cm³/mol. The molecule has 0 amide bonds. The van der Waals surface area contributed by atoms with Crippen LogP contribution in [0, 0.1) is 13.8 Å². The zero-order valence-electron chi connectivity index (χ0n) is 17.0. The van der Waals surface area contributed by atoms with Crippen LogP contribution in [0.15, 0.2) is 47.4 Å². The SMILES string of the molecule is CCCS(=O)(=O)c1cccc(-c2cc(-c3sc(C)nc3C)ccc2OCC(=O)O)c1. The quantitative estimate of drug-likeness (QED) is 0.538. The maximum absolute atomic E-state index is 12.5. The number of carbonyl (C=O) groups is 1. The molecule has 8 heteroatoms. The third-order valence-electron chi connectivity index (χ3n) is 4.47. The molecule has 1 heterocycles. The van der Waals surface area contributed by atoms with Gasteiger partial charge in [-0.25, -0.2) is 18.2 Å². The van der Waals surface area contributed by atoms with Gasteiger partial charge >= 0.3 is 5.97 Å². The van der Waals surface area contributed by atoms with Gasteiger partial charge in [-0.3, -0.25) is 0 Å². The van der Waals surface area contributed by atoms with E-state index in [1.165, 1.54) is 0 Å². The largest absolute Gasteiger partial charge is 0.481 e. The lowest BCUT2D eigenvalue weighted by atomic mass is 10.0. The number of rotatable bonds is 8. The number of aromatic nitrogens is 1. The summed E-state index contributed by atoms with van der Waals surface area (Å²) < 4.78 is 30.6. The number of nitrogens with zero attached hydrogens (tertiary/aromatic N) is 1. The van der Waals surface area contributed by atoms with Crippen molar-refractivity contribution in [3.05, 3.63) is 53.2 Å². The third-order valence-corrected chi connectivity index (χ3v) is 7.51. The predicted octanol–water partition coefficient (Wildman–Crippen LogP) is 4.74. The topological polar surface area (TPSA) is 93.6 Å². The Kier molecular flexibility index (Phi) is 6.58. The molecular weight excluding hydrogens is 422 g/mol. The van der Waals surface area contributed by atoms with Gasteiger partial charge < -0.3 is 9.84 Å². The molecule has 1 N–H and O–H groups in total. The average molecular weight is 446 g/mol. The van der Waals surface area contributed by atoms with Crippen molar-refractivity contribution in [2.75, 3.05) is 12.4 Å². The Hall–Kier alpha value is -2.71. The normalized spacial score (nSPS) is 11.4. The number of sulfone groups is 1. The maximum atomic E-state index is 12.5. The molecule has 0 aliphatic rings. The summed E-state index contributed by atoms with van der Waals surface area (Å²) >= 11 is 1.57. The first-order valence-electron chi connectivity index (χ1n) is 9.47. The van der Waals surface area contributed by atoms with Gasteiger partial charge in [0.05, 0.1) is 26.2 Å². The lowest BCUT2D eigenvalue weighted by Gasteiger charge is -2.13. The Bertz CT molecular complexity index is 1180. The molecule has 158 valence electrons. The van der Waals surface area contributed by atoms with Crippen LogP contribution in [0.4, 0.5) is 0 Å². The van der Waals surface area contributed by atoms with Crippen LogP contribution in [0.5, 0.6) is 5.75 Å². The summed E-state index contributed by atoms with van der Waals surface area (Å²) in [5.41, 5.74) is 3.10. The van der Waals surface area contributed by atoms with Gasteiger partial charge in [-0.2, -0.15) is 0 Å². The summed E-state index contributed by atoms with van der Waals surface area (Å²) in [6.45, 7) is 5.21. The van der Waals surface area contributed by atoms with Gasteiger partial charge in [-0.1, -0.05) is 19.1 Å². The van der Waals surface area contributed by atoms with Crippen LogP contribution in [0.1, 0.15) is 24.0 Å². The molecule has 0 spiro atoms. The monoisotopic (exact) mass is 445 g/mol. The number of hydrogen-bond donors (Lipinski definition) is 1. The summed E-state index contributed by atoms with van der Waals surface area (Å²) in [6, 6.07) is 12.1. The van der Waals surface area contributed by atoms with Crippen LogP contribution in [0.2, 0.25) is 0 Å². The summed E-state index contributed by atoms with van der Waals surface area (Å²) in [5.74, 6) is -0.638. The highest BCUT2D eigenvalue weighted by molar-refractivity contribution is 7.91. The Morgan fingerprint density at radius 2 is 1.90 bits per heavy atom. The van der Waals surface area contributed by atoms with Crippen LogP contribution in [-0.4, -0.2) is 36.8 Å². The van der Waals surface area contributed by atoms with Crippen molar-refractivity contribution in [3.8, 4) is 27.3 Å². The number of aryl methyl sites for hydroxylation is 2. The van der Waals surface area contributed by atoms with Gasteiger partial charge in [-0.15, -0.1) is 11.3 Å². The van der Waals surface area contributed by atoms with Gasteiger partial charge in [0.15, 0.2) is 16.4 Å². The maximum Gasteiger partial charge on any atom is 0.341 e. The van der Waals surface area contributed by atoms with E-state index >= 15 is 0 Å². The van der Waals surface area contributed by atoms with E-state index in [2.05, 4.69) is 4.98 Å². The average Bonchev–Trinajstić information content (AvgIpc) is 3.04. The van der Waals surface area contributed by atoms with Crippen LogP contribution in [0.25, 0.3) is 21.6 Å². The molecule has 0 bridgehead atoms. The van der Waals surface area contributed by atoms with Crippen LogP contribution in [0.3, 0.4) is 0 Å². The number of hydrogen-bond acceptors (Lipinski definition) is 6. The molecule has 0 aliphatic carbocycles. The van der Waals surface area contributed by atoms with E-state index in [9.17, 15) is 13.2 Å². The molecular formula is C22H23NO5S2. The minimum absolute atomic E-state index is 0.0677. The Balaban J connectivity index is 2.14. The highest BCUT2D eigenvalue weighted by Gasteiger charge is 2.17. The van der Waals surface area contributed by atoms with E-state index in [0.717, 1.165) is 21.1 Å². The first-order valence-corrected chi connectivity index (χ1v) is 11.9. The fraction of sp³-hybridized carbons (Fsp3) is 0.273. The van der Waals surface area contributed by atoms with Gasteiger partial charge in [0.2, 0.25) is 0 Å². The molecule has 0 fully saturated rings. The summed E-state index contributed by atoms with van der Waals surface area (Å²) in [7, 11) is -3.39. The van der Waals surface area contributed by atoms with Crippen LogP contribution in [-0.2, 0) is 14.6 Å². The zero-order chi connectivity index (χ0) is 21.9. The fourth-order valence-electron chi connectivity index (χ4n) is 3.20. The van der Waals surface area contributed by atoms with Gasteiger partial charge in [-0.05, 0) is 61.7 Å². The number of benzene rings is 2. The van der Waals surface area contributed by atoms with Crippen molar-refractivity contribution in [1.82, 2.24) is 4.98 Å². The second-order valence-electron chi connectivity index (χ2n) is 6.89. The molecule has 2 aromatic carbocycles. The Morgan fingerprint density at radius 3 is 2.53 bits per heavy atom. The van der Waals surface area contributed by atoms with Gasteiger partial charge in [0, 0.05) is 5.56 Å². The van der Waals surface area contributed by atoms with E-state index < -0.39 is 22.4 Å². The highest BCUT2D eigenvalue weighted by atomic mass is 32.2. The molecule has 0 unspecified atom stereocenters. The van der Waals surface area contributed by atoms with Crippen molar-refractivity contribution in [1.29, 1.82) is 0 Å². The minimum atomic E-state index is -3.39. The number of aliphatic carboxylic acids is 1. The molecule has 0 atom stereocenters. The van der Waals surface area contributed by atoms with Crippen molar-refractivity contribution in [2.24, 2.45) is 0 Å².